The molecule has 1 unspecified atom stereocenters. The molecular formula is C9H11N3O3S. The van der Waals surface area contributed by atoms with Crippen molar-refractivity contribution in [2.75, 3.05) is 11.9 Å². The van der Waals surface area contributed by atoms with Crippen molar-refractivity contribution in [3.05, 3.63) is 11.1 Å². The fraction of sp³-hybridized carbons (Fsp3) is 0.444. The number of nitrogens with one attached hydrogen (secondary N) is 2. The molecule has 16 heavy (non-hydrogen) atoms. The molecule has 1 fully saturated rings. The lowest BCUT2D eigenvalue weighted by Crippen LogP contribution is -2.31. The standard InChI is InChI=1S/C9H11N3O3S/c13-7-2-1-5(12-7)3-10-9-11-4-6(16-9)8(14)15/h4-5H,1-3H2,(H,10,11)(H,12,13)(H,14,15). The minimum absolute atomic E-state index is 0.0668. The second-order valence-electron chi connectivity index (χ2n) is 3.52. The third-order valence-electron chi connectivity index (χ3n) is 2.30. The van der Waals surface area contributed by atoms with Crippen molar-refractivity contribution >= 4 is 28.3 Å². The number of aromatic carboxylic acids is 1. The quantitative estimate of drug-likeness (QED) is 0.715. The predicted molar refractivity (Wildman–Crippen MR) is 58.7 cm³/mol. The van der Waals surface area contributed by atoms with Gasteiger partial charge in [0.15, 0.2) is 5.13 Å². The molecule has 7 heteroatoms. The summed E-state index contributed by atoms with van der Waals surface area (Å²) in [6.07, 6.45) is 2.69. The van der Waals surface area contributed by atoms with Crippen molar-refractivity contribution in [2.45, 2.75) is 18.9 Å². The number of carbonyl (C=O) groups is 2. The molecule has 1 aromatic rings. The van der Waals surface area contributed by atoms with Crippen LogP contribution >= 0.6 is 11.3 Å². The zero-order valence-electron chi connectivity index (χ0n) is 8.40. The van der Waals surface area contributed by atoms with Gasteiger partial charge in [-0.1, -0.05) is 11.3 Å². The molecule has 1 aliphatic rings. The molecule has 1 atom stereocenters. The first kappa shape index (κ1) is 10.9. The minimum atomic E-state index is -0.972. The summed E-state index contributed by atoms with van der Waals surface area (Å²) in [6.45, 7) is 0.582. The predicted octanol–water partition coefficient (Wildman–Crippen LogP) is 0.532. The first-order chi connectivity index (χ1) is 7.65. The van der Waals surface area contributed by atoms with Gasteiger partial charge in [0.1, 0.15) is 4.88 Å². The van der Waals surface area contributed by atoms with Crippen molar-refractivity contribution in [3.63, 3.8) is 0 Å². The van der Waals surface area contributed by atoms with Crippen molar-refractivity contribution in [2.24, 2.45) is 0 Å². The molecule has 1 amide bonds. The monoisotopic (exact) mass is 241 g/mol. The van der Waals surface area contributed by atoms with Gasteiger partial charge in [-0.2, -0.15) is 0 Å². The number of hydrogen-bond acceptors (Lipinski definition) is 5. The smallest absolute Gasteiger partial charge is 0.347 e. The van der Waals surface area contributed by atoms with Gasteiger partial charge in [-0.25, -0.2) is 9.78 Å². The van der Waals surface area contributed by atoms with E-state index in [1.54, 1.807) is 0 Å². The number of carboxylic acid groups (broad SMARTS) is 1. The average molecular weight is 241 g/mol. The molecule has 1 saturated heterocycles. The minimum Gasteiger partial charge on any atom is -0.477 e. The maximum atomic E-state index is 10.9. The molecule has 0 bridgehead atoms. The van der Waals surface area contributed by atoms with E-state index < -0.39 is 5.97 Å². The number of nitrogens with zero attached hydrogens (tertiary/aromatic N) is 1. The van der Waals surface area contributed by atoms with Crippen LogP contribution in [0.5, 0.6) is 0 Å². The maximum absolute atomic E-state index is 10.9. The molecule has 0 radical (unpaired) electrons. The topological polar surface area (TPSA) is 91.3 Å². The van der Waals surface area contributed by atoms with Crippen LogP contribution < -0.4 is 10.6 Å². The average Bonchev–Trinajstić information content (AvgIpc) is 2.83. The molecule has 0 aliphatic carbocycles. The van der Waals surface area contributed by atoms with Gasteiger partial charge < -0.3 is 15.7 Å². The van der Waals surface area contributed by atoms with Crippen LogP contribution in [0.4, 0.5) is 5.13 Å². The van der Waals surface area contributed by atoms with Gasteiger partial charge in [0.05, 0.1) is 6.20 Å². The van der Waals surface area contributed by atoms with E-state index in [2.05, 4.69) is 15.6 Å². The highest BCUT2D eigenvalue weighted by Crippen LogP contribution is 2.18. The van der Waals surface area contributed by atoms with Crippen LogP contribution in [0.3, 0.4) is 0 Å². The van der Waals surface area contributed by atoms with Gasteiger partial charge in [-0.15, -0.1) is 0 Å². The van der Waals surface area contributed by atoms with Gasteiger partial charge >= 0.3 is 5.97 Å². The second-order valence-corrected chi connectivity index (χ2v) is 4.55. The summed E-state index contributed by atoms with van der Waals surface area (Å²) in [4.78, 5) is 25.7. The Morgan fingerprint density at radius 3 is 3.12 bits per heavy atom. The Labute approximate surface area is 95.7 Å². The molecular weight excluding hydrogens is 230 g/mol. The number of amides is 1. The molecule has 86 valence electrons. The van der Waals surface area contributed by atoms with Crippen LogP contribution in [0.1, 0.15) is 22.5 Å². The SMILES string of the molecule is O=C1CCC(CNc2ncc(C(=O)O)s2)N1. The van der Waals surface area contributed by atoms with Crippen molar-refractivity contribution in [3.8, 4) is 0 Å². The Morgan fingerprint density at radius 2 is 2.56 bits per heavy atom. The number of anilines is 1. The molecule has 0 saturated carbocycles. The number of aromatic nitrogens is 1. The fourth-order valence-electron chi connectivity index (χ4n) is 1.50. The lowest BCUT2D eigenvalue weighted by atomic mass is 10.2. The lowest BCUT2D eigenvalue weighted by Gasteiger charge is -2.09. The normalized spacial score (nSPS) is 19.5. The van der Waals surface area contributed by atoms with E-state index in [9.17, 15) is 9.59 Å². The van der Waals surface area contributed by atoms with E-state index >= 15 is 0 Å². The van der Waals surface area contributed by atoms with Gasteiger partial charge in [0.25, 0.3) is 0 Å². The summed E-state index contributed by atoms with van der Waals surface area (Å²) < 4.78 is 0. The van der Waals surface area contributed by atoms with Crippen LogP contribution in [-0.2, 0) is 4.79 Å². The lowest BCUT2D eigenvalue weighted by molar-refractivity contribution is -0.119. The van der Waals surface area contributed by atoms with E-state index in [1.165, 1.54) is 6.20 Å². The van der Waals surface area contributed by atoms with Gasteiger partial charge in [0.2, 0.25) is 5.91 Å². The fourth-order valence-corrected chi connectivity index (χ4v) is 2.16. The summed E-state index contributed by atoms with van der Waals surface area (Å²) in [5.74, 6) is -0.906. The van der Waals surface area contributed by atoms with E-state index in [4.69, 9.17) is 5.11 Å². The number of carboxylic acids is 1. The summed E-state index contributed by atoms with van der Waals surface area (Å²) in [7, 11) is 0. The van der Waals surface area contributed by atoms with Crippen molar-refractivity contribution in [1.82, 2.24) is 10.3 Å². The molecule has 1 aromatic heterocycles. The molecule has 1 aliphatic heterocycles. The largest absolute Gasteiger partial charge is 0.477 e. The van der Waals surface area contributed by atoms with E-state index in [-0.39, 0.29) is 16.8 Å². The first-order valence-electron chi connectivity index (χ1n) is 4.87. The zero-order valence-corrected chi connectivity index (χ0v) is 9.21. The highest BCUT2D eigenvalue weighted by Gasteiger charge is 2.20. The van der Waals surface area contributed by atoms with Gasteiger partial charge in [-0.05, 0) is 6.42 Å². The molecule has 0 spiro atoms. The van der Waals surface area contributed by atoms with Crippen LogP contribution in [0.15, 0.2) is 6.20 Å². The summed E-state index contributed by atoms with van der Waals surface area (Å²) in [6, 6.07) is 0.115. The zero-order chi connectivity index (χ0) is 11.5. The number of thiazole rings is 1. The number of carbonyl (C=O) groups excluding carboxylic acids is 1. The Hall–Kier alpha value is -1.63. The number of rotatable bonds is 4. The van der Waals surface area contributed by atoms with E-state index in [0.29, 0.717) is 18.1 Å². The Morgan fingerprint density at radius 1 is 1.75 bits per heavy atom. The molecule has 2 heterocycles. The van der Waals surface area contributed by atoms with E-state index in [0.717, 1.165) is 17.8 Å². The summed E-state index contributed by atoms with van der Waals surface area (Å²) >= 11 is 1.09. The van der Waals surface area contributed by atoms with Gasteiger partial charge in [-0.3, -0.25) is 4.79 Å². The Kier molecular flexibility index (Phi) is 3.04. The third-order valence-corrected chi connectivity index (χ3v) is 3.24. The van der Waals surface area contributed by atoms with Crippen LogP contribution in [0, 0.1) is 0 Å². The van der Waals surface area contributed by atoms with Gasteiger partial charge in [0, 0.05) is 19.0 Å². The maximum Gasteiger partial charge on any atom is 0.347 e. The highest BCUT2D eigenvalue weighted by molar-refractivity contribution is 7.17. The number of hydrogen-bond donors (Lipinski definition) is 3. The molecule has 2 rings (SSSR count). The van der Waals surface area contributed by atoms with Crippen LogP contribution in [0.2, 0.25) is 0 Å². The van der Waals surface area contributed by atoms with E-state index in [1.807, 2.05) is 0 Å². The summed E-state index contributed by atoms with van der Waals surface area (Å²) in [5.41, 5.74) is 0. The third kappa shape index (κ3) is 2.48. The highest BCUT2D eigenvalue weighted by atomic mass is 32.1. The Bertz CT molecular complexity index is 418. The Balaban J connectivity index is 1.85. The first-order valence-corrected chi connectivity index (χ1v) is 5.69. The molecule has 3 N–H and O–H groups in total. The molecule has 0 aromatic carbocycles. The van der Waals surface area contributed by atoms with Crippen LogP contribution in [0.25, 0.3) is 0 Å². The molecule has 6 nitrogen and oxygen atoms in total. The van der Waals surface area contributed by atoms with Crippen LogP contribution in [-0.4, -0.2) is 34.6 Å². The van der Waals surface area contributed by atoms with Crippen molar-refractivity contribution < 1.29 is 14.7 Å². The second kappa shape index (κ2) is 4.48. The van der Waals surface area contributed by atoms with Crippen molar-refractivity contribution in [1.29, 1.82) is 0 Å². The summed E-state index contributed by atoms with van der Waals surface area (Å²) in [5, 5.41) is 15.1.